The number of ketones is 1. The highest BCUT2D eigenvalue weighted by Gasteiger charge is 2.29. The van der Waals surface area contributed by atoms with E-state index in [2.05, 4.69) is 10.3 Å². The lowest BCUT2D eigenvalue weighted by molar-refractivity contribution is -0.121. The molecular formula is C21H19N3O6S. The summed E-state index contributed by atoms with van der Waals surface area (Å²) in [6.45, 7) is -0.435. The Balaban J connectivity index is 1.51. The average molecular weight is 441 g/mol. The summed E-state index contributed by atoms with van der Waals surface area (Å²) in [4.78, 5) is 51.7. The van der Waals surface area contributed by atoms with Crippen LogP contribution in [0.25, 0.3) is 0 Å². The number of amides is 2. The van der Waals surface area contributed by atoms with E-state index in [0.717, 1.165) is 11.8 Å². The first-order chi connectivity index (χ1) is 14.9. The molecule has 0 bridgehead atoms. The van der Waals surface area contributed by atoms with Gasteiger partial charge in [0.25, 0.3) is 5.91 Å². The van der Waals surface area contributed by atoms with E-state index in [-0.39, 0.29) is 23.1 Å². The van der Waals surface area contributed by atoms with Crippen LogP contribution in [0.15, 0.2) is 53.5 Å². The molecule has 0 saturated carbocycles. The van der Waals surface area contributed by atoms with Crippen LogP contribution in [-0.2, 0) is 14.3 Å². The van der Waals surface area contributed by atoms with Gasteiger partial charge in [0.1, 0.15) is 11.0 Å². The Kier molecular flexibility index (Phi) is 7.03. The zero-order valence-corrected chi connectivity index (χ0v) is 17.3. The summed E-state index contributed by atoms with van der Waals surface area (Å²) in [5.41, 5.74) is 6.45. The Hall–Kier alpha value is -3.66. The predicted molar refractivity (Wildman–Crippen MR) is 115 cm³/mol. The predicted octanol–water partition coefficient (Wildman–Crippen LogP) is 2.02. The van der Waals surface area contributed by atoms with Gasteiger partial charge in [0.05, 0.1) is 18.2 Å². The van der Waals surface area contributed by atoms with Crippen molar-refractivity contribution in [1.29, 1.82) is 0 Å². The second-order valence-electron chi connectivity index (χ2n) is 6.42. The Morgan fingerprint density at radius 1 is 1.13 bits per heavy atom. The number of esters is 1. The SMILES string of the molecule is COc1ccccc1C(=O)COC(=O)c1ccc(NC(=O)CC2SC(N)=NC2=O)cc1. The van der Waals surface area contributed by atoms with Crippen LogP contribution in [0, 0.1) is 0 Å². The number of benzene rings is 2. The number of methoxy groups -OCH3 is 1. The lowest BCUT2D eigenvalue weighted by Gasteiger charge is -2.09. The molecular weight excluding hydrogens is 422 g/mol. The van der Waals surface area contributed by atoms with Gasteiger partial charge in [-0.2, -0.15) is 4.99 Å². The third-order valence-corrected chi connectivity index (χ3v) is 5.26. The second-order valence-corrected chi connectivity index (χ2v) is 7.65. The zero-order chi connectivity index (χ0) is 22.4. The molecule has 1 atom stereocenters. The van der Waals surface area contributed by atoms with Gasteiger partial charge in [-0.3, -0.25) is 14.4 Å². The number of amidine groups is 1. The molecule has 3 N–H and O–H groups in total. The van der Waals surface area contributed by atoms with Crippen molar-refractivity contribution in [2.45, 2.75) is 11.7 Å². The van der Waals surface area contributed by atoms with E-state index < -0.39 is 29.5 Å². The third kappa shape index (κ3) is 5.70. The molecule has 160 valence electrons. The number of rotatable bonds is 8. The normalized spacial score (nSPS) is 15.2. The molecule has 0 fully saturated rings. The molecule has 31 heavy (non-hydrogen) atoms. The number of hydrogen-bond donors (Lipinski definition) is 2. The second kappa shape index (κ2) is 9.90. The molecule has 1 unspecified atom stereocenters. The van der Waals surface area contributed by atoms with Crippen LogP contribution in [0.2, 0.25) is 0 Å². The Morgan fingerprint density at radius 2 is 1.84 bits per heavy atom. The number of nitrogens with one attached hydrogen (secondary N) is 1. The molecule has 2 aromatic carbocycles. The van der Waals surface area contributed by atoms with Gasteiger partial charge in [0.15, 0.2) is 11.8 Å². The van der Waals surface area contributed by atoms with Crippen molar-refractivity contribution < 1.29 is 28.7 Å². The Labute approximate surface area is 182 Å². The minimum absolute atomic E-state index is 0.0669. The largest absolute Gasteiger partial charge is 0.496 e. The van der Waals surface area contributed by atoms with Crippen molar-refractivity contribution >= 4 is 46.2 Å². The van der Waals surface area contributed by atoms with Crippen molar-refractivity contribution in [1.82, 2.24) is 0 Å². The Morgan fingerprint density at radius 3 is 2.48 bits per heavy atom. The Bertz CT molecular complexity index is 1050. The van der Waals surface area contributed by atoms with Crippen molar-refractivity contribution in [3.8, 4) is 5.75 Å². The highest BCUT2D eigenvalue weighted by atomic mass is 32.2. The van der Waals surface area contributed by atoms with E-state index in [1.807, 2.05) is 0 Å². The van der Waals surface area contributed by atoms with Crippen LogP contribution >= 0.6 is 11.8 Å². The number of carbonyl (C=O) groups excluding carboxylic acids is 4. The summed E-state index contributed by atoms with van der Waals surface area (Å²) in [6.07, 6.45) is -0.0669. The number of anilines is 1. The van der Waals surface area contributed by atoms with Gasteiger partial charge >= 0.3 is 5.97 Å². The van der Waals surface area contributed by atoms with E-state index in [0.29, 0.717) is 17.0 Å². The standard InChI is InChI=1S/C21H19N3O6S/c1-29-16-5-3-2-4-14(16)15(25)11-30-20(28)12-6-8-13(9-7-12)23-18(26)10-17-19(27)24-21(22)31-17/h2-9,17H,10-11H2,1H3,(H,23,26)(H2,22,24,27). The van der Waals surface area contributed by atoms with Crippen LogP contribution in [0.3, 0.4) is 0 Å². The summed E-state index contributed by atoms with van der Waals surface area (Å²) in [5.74, 6) is -1.48. The fourth-order valence-electron chi connectivity index (χ4n) is 2.77. The highest BCUT2D eigenvalue weighted by molar-refractivity contribution is 8.15. The average Bonchev–Trinajstić information content (AvgIpc) is 3.08. The molecule has 0 aromatic heterocycles. The fourth-order valence-corrected chi connectivity index (χ4v) is 3.59. The summed E-state index contributed by atoms with van der Waals surface area (Å²) < 4.78 is 10.2. The zero-order valence-electron chi connectivity index (χ0n) is 16.5. The van der Waals surface area contributed by atoms with Crippen LogP contribution in [0.1, 0.15) is 27.1 Å². The molecule has 1 heterocycles. The van der Waals surface area contributed by atoms with Crippen molar-refractivity contribution in [3.63, 3.8) is 0 Å². The highest BCUT2D eigenvalue weighted by Crippen LogP contribution is 2.23. The molecule has 2 aromatic rings. The van der Waals surface area contributed by atoms with Gasteiger partial charge < -0.3 is 20.5 Å². The van der Waals surface area contributed by atoms with Gasteiger partial charge in [-0.15, -0.1) is 0 Å². The van der Waals surface area contributed by atoms with Crippen molar-refractivity contribution in [2.75, 3.05) is 19.0 Å². The van der Waals surface area contributed by atoms with E-state index in [1.54, 1.807) is 24.3 Å². The number of hydrogen-bond acceptors (Lipinski definition) is 8. The van der Waals surface area contributed by atoms with Gasteiger partial charge in [-0.25, -0.2) is 4.79 Å². The van der Waals surface area contributed by atoms with Crippen LogP contribution < -0.4 is 15.8 Å². The van der Waals surface area contributed by atoms with Gasteiger partial charge in [-0.05, 0) is 36.4 Å². The number of para-hydroxylation sites is 1. The lowest BCUT2D eigenvalue weighted by atomic mass is 10.1. The number of nitrogens with zero attached hydrogens (tertiary/aromatic N) is 1. The van der Waals surface area contributed by atoms with Gasteiger partial charge in [0, 0.05) is 12.1 Å². The molecule has 0 saturated heterocycles. The monoisotopic (exact) mass is 441 g/mol. The van der Waals surface area contributed by atoms with Crippen molar-refractivity contribution in [2.24, 2.45) is 10.7 Å². The van der Waals surface area contributed by atoms with E-state index in [4.69, 9.17) is 15.2 Å². The molecule has 3 rings (SSSR count). The van der Waals surface area contributed by atoms with E-state index in [9.17, 15) is 19.2 Å². The molecule has 9 nitrogen and oxygen atoms in total. The maximum Gasteiger partial charge on any atom is 0.338 e. The molecule has 10 heteroatoms. The summed E-state index contributed by atoms with van der Waals surface area (Å²) in [6, 6.07) is 12.6. The minimum Gasteiger partial charge on any atom is -0.496 e. The molecule has 1 aliphatic heterocycles. The number of nitrogens with two attached hydrogens (primary N) is 1. The maximum atomic E-state index is 12.3. The van der Waals surface area contributed by atoms with Crippen LogP contribution in [-0.4, -0.2) is 47.7 Å². The first kappa shape index (κ1) is 22.0. The summed E-state index contributed by atoms with van der Waals surface area (Å²) in [7, 11) is 1.45. The number of ether oxygens (including phenoxy) is 2. The minimum atomic E-state index is -0.679. The summed E-state index contributed by atoms with van der Waals surface area (Å²) in [5, 5.41) is 2.16. The van der Waals surface area contributed by atoms with Crippen LogP contribution in [0.4, 0.5) is 5.69 Å². The van der Waals surface area contributed by atoms with Gasteiger partial charge in [0.2, 0.25) is 11.7 Å². The first-order valence-corrected chi connectivity index (χ1v) is 10.0. The first-order valence-electron chi connectivity index (χ1n) is 9.15. The quantitative estimate of drug-likeness (QED) is 0.469. The molecule has 0 spiro atoms. The number of carbonyl (C=O) groups is 4. The fraction of sp³-hybridized carbons (Fsp3) is 0.190. The number of thioether (sulfide) groups is 1. The maximum absolute atomic E-state index is 12.3. The van der Waals surface area contributed by atoms with Crippen molar-refractivity contribution in [3.05, 3.63) is 59.7 Å². The molecule has 0 aliphatic carbocycles. The third-order valence-electron chi connectivity index (χ3n) is 4.28. The van der Waals surface area contributed by atoms with Gasteiger partial charge in [-0.1, -0.05) is 23.9 Å². The lowest BCUT2D eigenvalue weighted by Crippen LogP contribution is -2.21. The molecule has 2 amide bonds. The van der Waals surface area contributed by atoms with E-state index in [1.165, 1.54) is 31.4 Å². The number of Topliss-reactive ketones (excluding diaryl/α,β-unsaturated/α-hetero) is 1. The van der Waals surface area contributed by atoms with E-state index >= 15 is 0 Å². The topological polar surface area (TPSA) is 137 Å². The van der Waals surface area contributed by atoms with Crippen LogP contribution in [0.5, 0.6) is 5.75 Å². The molecule has 1 aliphatic rings. The smallest absolute Gasteiger partial charge is 0.338 e. The number of aliphatic imine (C=N–C) groups is 1. The summed E-state index contributed by atoms with van der Waals surface area (Å²) >= 11 is 1.05. The molecule has 0 radical (unpaired) electrons.